The summed E-state index contributed by atoms with van der Waals surface area (Å²) in [6, 6.07) is 7.47. The van der Waals surface area contributed by atoms with E-state index in [-0.39, 0.29) is 6.54 Å². The second-order valence-electron chi connectivity index (χ2n) is 3.72. The molecule has 0 saturated carbocycles. The maximum atomic E-state index is 9.95. The molecule has 0 aliphatic carbocycles. The van der Waals surface area contributed by atoms with Gasteiger partial charge in [0.2, 0.25) is 0 Å². The van der Waals surface area contributed by atoms with E-state index >= 15 is 0 Å². The van der Waals surface area contributed by atoms with Gasteiger partial charge >= 0.3 is 0 Å². The minimum absolute atomic E-state index is 0.156. The Hall–Kier alpha value is -2.01. The molecule has 0 amide bonds. The molecule has 2 unspecified atom stereocenters. The van der Waals surface area contributed by atoms with Crippen LogP contribution in [0.3, 0.4) is 0 Å². The number of para-hydroxylation sites is 1. The predicted octanol–water partition coefficient (Wildman–Crippen LogP) is 1.87. The Kier molecular flexibility index (Phi) is 3.30. The van der Waals surface area contributed by atoms with Crippen LogP contribution in [0.1, 0.15) is 11.7 Å². The van der Waals surface area contributed by atoms with Crippen LogP contribution >= 0.6 is 0 Å². The highest BCUT2D eigenvalue weighted by atomic mass is 16.3. The molecule has 88 valence electrons. The van der Waals surface area contributed by atoms with Gasteiger partial charge in [-0.05, 0) is 11.6 Å². The predicted molar refractivity (Wildman–Crippen MR) is 63.3 cm³/mol. The van der Waals surface area contributed by atoms with Gasteiger partial charge in [0.15, 0.2) is 0 Å². The van der Waals surface area contributed by atoms with Gasteiger partial charge in [0, 0.05) is 27.6 Å². The zero-order valence-corrected chi connectivity index (χ0v) is 8.98. The fourth-order valence-corrected chi connectivity index (χ4v) is 1.77. The maximum Gasteiger partial charge on any atom is 0.107 e. The number of rotatable bonds is 4. The zero-order chi connectivity index (χ0) is 12.3. The standard InChI is InChI=1S/C11H12N4O2/c12-15-14-6-10(16)11(17)8-5-13-9-4-2-1-3-7(8)9/h1-5,10-11,13,16-17H,6H2. The van der Waals surface area contributed by atoms with Crippen LogP contribution in [0.4, 0.5) is 0 Å². The third-order valence-corrected chi connectivity index (χ3v) is 2.64. The van der Waals surface area contributed by atoms with Crippen molar-refractivity contribution in [1.82, 2.24) is 4.98 Å². The molecule has 0 bridgehead atoms. The summed E-state index contributed by atoms with van der Waals surface area (Å²) in [5, 5.41) is 23.7. The lowest BCUT2D eigenvalue weighted by atomic mass is 10.0. The SMILES string of the molecule is [N-]=[N+]=NCC(O)C(O)c1c[nH]c2ccccc12. The quantitative estimate of drug-likeness (QED) is 0.425. The van der Waals surface area contributed by atoms with E-state index in [1.807, 2.05) is 24.3 Å². The van der Waals surface area contributed by atoms with Crippen LogP contribution in [0.5, 0.6) is 0 Å². The Balaban J connectivity index is 2.29. The number of azide groups is 1. The topological polar surface area (TPSA) is 105 Å². The molecular formula is C11H12N4O2. The number of H-pyrrole nitrogens is 1. The van der Waals surface area contributed by atoms with Gasteiger partial charge in [-0.2, -0.15) is 0 Å². The fraction of sp³-hybridized carbons (Fsp3) is 0.273. The van der Waals surface area contributed by atoms with Crippen LogP contribution in [0.2, 0.25) is 0 Å². The molecule has 2 rings (SSSR count). The molecule has 0 radical (unpaired) electrons. The van der Waals surface area contributed by atoms with E-state index in [1.165, 1.54) is 0 Å². The number of benzene rings is 1. The summed E-state index contributed by atoms with van der Waals surface area (Å²) in [4.78, 5) is 5.55. The van der Waals surface area contributed by atoms with Crippen molar-refractivity contribution in [3.63, 3.8) is 0 Å². The molecule has 1 heterocycles. The van der Waals surface area contributed by atoms with E-state index in [9.17, 15) is 10.2 Å². The number of aromatic nitrogens is 1. The Morgan fingerprint density at radius 1 is 1.35 bits per heavy atom. The van der Waals surface area contributed by atoms with E-state index in [0.29, 0.717) is 5.56 Å². The van der Waals surface area contributed by atoms with Crippen molar-refractivity contribution in [3.05, 3.63) is 46.5 Å². The first-order valence-corrected chi connectivity index (χ1v) is 5.17. The van der Waals surface area contributed by atoms with Crippen molar-refractivity contribution in [2.24, 2.45) is 5.11 Å². The van der Waals surface area contributed by atoms with Crippen LogP contribution in [0.15, 0.2) is 35.6 Å². The van der Waals surface area contributed by atoms with Crippen LogP contribution < -0.4 is 0 Å². The number of hydrogen-bond acceptors (Lipinski definition) is 3. The molecule has 0 saturated heterocycles. The van der Waals surface area contributed by atoms with Crippen molar-refractivity contribution in [3.8, 4) is 0 Å². The van der Waals surface area contributed by atoms with Gasteiger partial charge < -0.3 is 15.2 Å². The van der Waals surface area contributed by atoms with Crippen molar-refractivity contribution in [1.29, 1.82) is 0 Å². The molecule has 6 nitrogen and oxygen atoms in total. The van der Waals surface area contributed by atoms with Gasteiger partial charge in [-0.1, -0.05) is 23.3 Å². The minimum atomic E-state index is -1.11. The first-order chi connectivity index (χ1) is 8.24. The molecule has 0 spiro atoms. The Morgan fingerprint density at radius 2 is 2.12 bits per heavy atom. The molecule has 2 aromatic rings. The van der Waals surface area contributed by atoms with E-state index in [2.05, 4.69) is 15.0 Å². The second-order valence-corrected chi connectivity index (χ2v) is 3.72. The van der Waals surface area contributed by atoms with Crippen LogP contribution in [0, 0.1) is 0 Å². The molecule has 1 aromatic carbocycles. The first-order valence-electron chi connectivity index (χ1n) is 5.17. The van der Waals surface area contributed by atoms with Crippen LogP contribution in [-0.4, -0.2) is 27.8 Å². The van der Waals surface area contributed by atoms with E-state index in [4.69, 9.17) is 5.53 Å². The van der Waals surface area contributed by atoms with Gasteiger partial charge in [0.05, 0.1) is 12.6 Å². The average molecular weight is 232 g/mol. The Bertz CT molecular complexity index is 559. The Labute approximate surface area is 97.1 Å². The van der Waals surface area contributed by atoms with E-state index < -0.39 is 12.2 Å². The zero-order valence-electron chi connectivity index (χ0n) is 8.98. The first kappa shape index (κ1) is 11.5. The van der Waals surface area contributed by atoms with Crippen molar-refractivity contribution in [2.75, 3.05) is 6.54 Å². The van der Waals surface area contributed by atoms with Crippen molar-refractivity contribution < 1.29 is 10.2 Å². The van der Waals surface area contributed by atoms with E-state index in [0.717, 1.165) is 10.9 Å². The van der Waals surface area contributed by atoms with Gasteiger partial charge in [0.25, 0.3) is 0 Å². The van der Waals surface area contributed by atoms with Gasteiger partial charge in [-0.3, -0.25) is 0 Å². The molecule has 3 N–H and O–H groups in total. The number of fused-ring (bicyclic) bond motifs is 1. The molecule has 0 aliphatic rings. The number of nitrogens with one attached hydrogen (secondary N) is 1. The van der Waals surface area contributed by atoms with Crippen molar-refractivity contribution >= 4 is 10.9 Å². The summed E-state index contributed by atoms with van der Waals surface area (Å²) in [5.74, 6) is 0. The molecule has 0 fully saturated rings. The third-order valence-electron chi connectivity index (χ3n) is 2.64. The van der Waals surface area contributed by atoms with E-state index in [1.54, 1.807) is 6.20 Å². The summed E-state index contributed by atoms with van der Waals surface area (Å²) in [6.45, 7) is -0.156. The number of aliphatic hydroxyl groups is 2. The monoisotopic (exact) mass is 232 g/mol. The molecular weight excluding hydrogens is 220 g/mol. The normalized spacial score (nSPS) is 14.2. The average Bonchev–Trinajstić information content (AvgIpc) is 2.78. The highest BCUT2D eigenvalue weighted by Crippen LogP contribution is 2.26. The lowest BCUT2D eigenvalue weighted by molar-refractivity contribution is 0.0253. The highest BCUT2D eigenvalue weighted by molar-refractivity contribution is 5.83. The molecule has 17 heavy (non-hydrogen) atoms. The smallest absolute Gasteiger partial charge is 0.107 e. The van der Waals surface area contributed by atoms with Gasteiger partial charge in [0.1, 0.15) is 6.10 Å². The summed E-state index contributed by atoms with van der Waals surface area (Å²) in [6.07, 6.45) is -0.531. The van der Waals surface area contributed by atoms with Gasteiger partial charge in [-0.25, -0.2) is 0 Å². The maximum absolute atomic E-state index is 9.95. The summed E-state index contributed by atoms with van der Waals surface area (Å²) in [5.41, 5.74) is 9.64. The lowest BCUT2D eigenvalue weighted by Crippen LogP contribution is -2.20. The number of nitrogens with zero attached hydrogens (tertiary/aromatic N) is 3. The molecule has 0 aliphatic heterocycles. The number of aliphatic hydroxyl groups excluding tert-OH is 2. The largest absolute Gasteiger partial charge is 0.390 e. The summed E-state index contributed by atoms with van der Waals surface area (Å²) >= 11 is 0. The number of aromatic amines is 1. The lowest BCUT2D eigenvalue weighted by Gasteiger charge is -2.15. The summed E-state index contributed by atoms with van der Waals surface area (Å²) in [7, 11) is 0. The Morgan fingerprint density at radius 3 is 2.88 bits per heavy atom. The molecule has 2 atom stereocenters. The minimum Gasteiger partial charge on any atom is -0.390 e. The fourth-order valence-electron chi connectivity index (χ4n) is 1.77. The second kappa shape index (κ2) is 4.88. The highest BCUT2D eigenvalue weighted by Gasteiger charge is 2.20. The third kappa shape index (κ3) is 2.24. The van der Waals surface area contributed by atoms with Crippen LogP contribution in [0.25, 0.3) is 21.3 Å². The molecule has 6 heteroatoms. The number of hydrogen-bond donors (Lipinski definition) is 3. The van der Waals surface area contributed by atoms with Gasteiger partial charge in [-0.15, -0.1) is 0 Å². The van der Waals surface area contributed by atoms with Crippen molar-refractivity contribution in [2.45, 2.75) is 12.2 Å². The molecule has 1 aromatic heterocycles. The van der Waals surface area contributed by atoms with Crippen LogP contribution in [-0.2, 0) is 0 Å². The summed E-state index contributed by atoms with van der Waals surface area (Å²) < 4.78 is 0.